The van der Waals surface area contributed by atoms with E-state index in [0.29, 0.717) is 0 Å². The minimum Gasteiger partial charge on any atom is -0.0846 e. The summed E-state index contributed by atoms with van der Waals surface area (Å²) >= 11 is 4.66. The first-order valence-corrected chi connectivity index (χ1v) is 10.5. The van der Waals surface area contributed by atoms with Gasteiger partial charge < -0.3 is 0 Å². The van der Waals surface area contributed by atoms with Gasteiger partial charge in [-0.15, -0.1) is 0 Å². The predicted octanol–water partition coefficient (Wildman–Crippen LogP) is 4.85. The van der Waals surface area contributed by atoms with Crippen LogP contribution in [-0.4, -0.2) is 0 Å². The summed E-state index contributed by atoms with van der Waals surface area (Å²) in [5.74, 6) is 2.22. The van der Waals surface area contributed by atoms with Crippen LogP contribution in [0.1, 0.15) is 11.1 Å². The van der Waals surface area contributed by atoms with Gasteiger partial charge in [0.05, 0.1) is 0 Å². The summed E-state index contributed by atoms with van der Waals surface area (Å²) in [5, 5.41) is 0. The third-order valence-electron chi connectivity index (χ3n) is 1.47. The molecule has 1 aromatic carbocycles. The highest BCUT2D eigenvalue weighted by Crippen LogP contribution is 2.22. The first-order chi connectivity index (χ1) is 5.86. The zero-order valence-corrected chi connectivity index (χ0v) is 12.2. The first-order valence-electron chi connectivity index (χ1n) is 3.41. The molecule has 66 valence electrons. The Morgan fingerprint density at radius 2 is 1.17 bits per heavy atom. The number of benzene rings is 1. The Balaban J connectivity index is 2.58. The summed E-state index contributed by atoms with van der Waals surface area (Å²) in [6.07, 6.45) is 0. The molecule has 0 aromatic heterocycles. The Kier molecular flexibility index (Phi) is 6.47. The fourth-order valence-electron chi connectivity index (χ4n) is 0.858. The third kappa shape index (κ3) is 4.06. The van der Waals surface area contributed by atoms with E-state index in [4.69, 9.17) is 0 Å². The standard InChI is InChI=1S/C8H8I2S2/c9-11-5-7-1-2-8(4-3-7)6-12-10/h1-4H,5-6H2. The van der Waals surface area contributed by atoms with Crippen LogP contribution in [-0.2, 0) is 11.5 Å². The molecule has 0 saturated carbocycles. The number of hydrogen-bond donors (Lipinski definition) is 0. The molecule has 0 nitrogen and oxygen atoms in total. The second kappa shape index (κ2) is 6.78. The van der Waals surface area contributed by atoms with Crippen LogP contribution >= 0.6 is 60.3 Å². The van der Waals surface area contributed by atoms with E-state index in [0.717, 1.165) is 11.5 Å². The van der Waals surface area contributed by atoms with Gasteiger partial charge in [0.25, 0.3) is 0 Å². The van der Waals surface area contributed by atoms with Crippen molar-refractivity contribution in [1.29, 1.82) is 0 Å². The Labute approximate surface area is 106 Å². The predicted molar refractivity (Wildman–Crippen MR) is 77.1 cm³/mol. The molecule has 0 radical (unpaired) electrons. The topological polar surface area (TPSA) is 0 Å². The number of halogens is 2. The molecule has 1 aromatic rings. The summed E-state index contributed by atoms with van der Waals surface area (Å²) < 4.78 is 0. The molecule has 4 heteroatoms. The molecule has 0 N–H and O–H groups in total. The van der Waals surface area contributed by atoms with Gasteiger partial charge in [0, 0.05) is 11.5 Å². The Hall–Kier alpha value is 1.38. The molecule has 1 rings (SSSR count). The average molecular weight is 422 g/mol. The van der Waals surface area contributed by atoms with Gasteiger partial charge in [0.1, 0.15) is 0 Å². The summed E-state index contributed by atoms with van der Waals surface area (Å²) in [6, 6.07) is 8.86. The molecule has 0 aliphatic carbocycles. The molecule has 0 unspecified atom stereocenters. The average Bonchev–Trinajstić information content (AvgIpc) is 2.09. The van der Waals surface area contributed by atoms with Crippen molar-refractivity contribution in [3.8, 4) is 0 Å². The Morgan fingerprint density at radius 3 is 1.42 bits per heavy atom. The normalized spacial score (nSPS) is 10.2. The summed E-state index contributed by atoms with van der Waals surface area (Å²) in [5.41, 5.74) is 2.83. The lowest BCUT2D eigenvalue weighted by atomic mass is 10.2. The van der Waals surface area contributed by atoms with E-state index in [2.05, 4.69) is 66.7 Å². The van der Waals surface area contributed by atoms with Crippen LogP contribution in [0.3, 0.4) is 0 Å². The quantitative estimate of drug-likeness (QED) is 0.637. The van der Waals surface area contributed by atoms with E-state index in [-0.39, 0.29) is 0 Å². The molecule has 0 fully saturated rings. The van der Waals surface area contributed by atoms with E-state index in [1.807, 2.05) is 17.9 Å². The van der Waals surface area contributed by atoms with Crippen molar-refractivity contribution >= 4 is 60.3 Å². The smallest absolute Gasteiger partial charge is 0.0285 e. The van der Waals surface area contributed by atoms with Crippen molar-refractivity contribution in [2.75, 3.05) is 0 Å². The molecule has 0 atom stereocenters. The molecule has 0 spiro atoms. The van der Waals surface area contributed by atoms with Crippen molar-refractivity contribution in [2.45, 2.75) is 11.5 Å². The second-order valence-corrected chi connectivity index (χ2v) is 7.07. The van der Waals surface area contributed by atoms with Crippen LogP contribution < -0.4 is 0 Å². The maximum Gasteiger partial charge on any atom is 0.0285 e. The molecule has 0 aliphatic heterocycles. The summed E-state index contributed by atoms with van der Waals surface area (Å²) in [4.78, 5) is 0. The summed E-state index contributed by atoms with van der Waals surface area (Å²) in [7, 11) is 3.67. The molecule has 0 aliphatic rings. The van der Waals surface area contributed by atoms with Crippen molar-refractivity contribution in [3.63, 3.8) is 0 Å². The molecular weight excluding hydrogens is 414 g/mol. The Morgan fingerprint density at radius 1 is 0.833 bits per heavy atom. The SMILES string of the molecule is ISCc1ccc(CSI)cc1. The molecule has 0 amide bonds. The van der Waals surface area contributed by atoms with Gasteiger partial charge in [-0.1, -0.05) is 42.1 Å². The zero-order chi connectivity index (χ0) is 8.81. The van der Waals surface area contributed by atoms with Crippen LogP contribution in [0.5, 0.6) is 0 Å². The molecule has 0 bridgehead atoms. The Bertz CT molecular complexity index is 198. The summed E-state index contributed by atoms with van der Waals surface area (Å²) in [6.45, 7) is 0. The fraction of sp³-hybridized carbons (Fsp3) is 0.250. The molecule has 12 heavy (non-hydrogen) atoms. The van der Waals surface area contributed by atoms with E-state index in [1.54, 1.807) is 0 Å². The minimum atomic E-state index is 1.11. The van der Waals surface area contributed by atoms with Crippen molar-refractivity contribution in [1.82, 2.24) is 0 Å². The fourth-order valence-corrected chi connectivity index (χ4v) is 3.65. The lowest BCUT2D eigenvalue weighted by Gasteiger charge is -1.99. The lowest BCUT2D eigenvalue weighted by Crippen LogP contribution is -1.81. The highest BCUT2D eigenvalue weighted by Gasteiger charge is 1.93. The number of hydrogen-bond acceptors (Lipinski definition) is 2. The monoisotopic (exact) mass is 422 g/mol. The molecule has 0 heterocycles. The molecule has 0 saturated heterocycles. The number of rotatable bonds is 4. The van der Waals surface area contributed by atoms with Crippen LogP contribution in [0, 0.1) is 0 Å². The maximum atomic E-state index is 2.33. The zero-order valence-electron chi connectivity index (χ0n) is 6.30. The van der Waals surface area contributed by atoms with Gasteiger partial charge in [-0.2, -0.15) is 0 Å². The van der Waals surface area contributed by atoms with Crippen LogP contribution in [0.25, 0.3) is 0 Å². The van der Waals surface area contributed by atoms with Crippen LogP contribution in [0.15, 0.2) is 24.3 Å². The third-order valence-corrected chi connectivity index (χ3v) is 4.22. The highest BCUT2D eigenvalue weighted by molar-refractivity contribution is 14.2. The maximum absolute atomic E-state index is 2.33. The van der Waals surface area contributed by atoms with Crippen molar-refractivity contribution in [2.24, 2.45) is 0 Å². The van der Waals surface area contributed by atoms with Gasteiger partial charge in [-0.25, -0.2) is 0 Å². The second-order valence-electron chi connectivity index (χ2n) is 2.32. The lowest BCUT2D eigenvalue weighted by molar-refractivity contribution is 1.35. The van der Waals surface area contributed by atoms with Gasteiger partial charge in [-0.05, 0) is 53.5 Å². The van der Waals surface area contributed by atoms with Gasteiger partial charge >= 0.3 is 0 Å². The van der Waals surface area contributed by atoms with E-state index < -0.39 is 0 Å². The first kappa shape index (κ1) is 11.5. The van der Waals surface area contributed by atoms with Crippen LogP contribution in [0.2, 0.25) is 0 Å². The van der Waals surface area contributed by atoms with Gasteiger partial charge in [-0.3, -0.25) is 0 Å². The van der Waals surface area contributed by atoms with Crippen LogP contribution in [0.4, 0.5) is 0 Å². The van der Waals surface area contributed by atoms with Crippen molar-refractivity contribution < 1.29 is 0 Å². The highest BCUT2D eigenvalue weighted by atomic mass is 127. The largest absolute Gasteiger partial charge is 0.0846 e. The van der Waals surface area contributed by atoms with Gasteiger partial charge in [0.15, 0.2) is 0 Å². The molecular formula is C8H8I2S2. The van der Waals surface area contributed by atoms with E-state index in [1.165, 1.54) is 11.1 Å². The van der Waals surface area contributed by atoms with E-state index in [9.17, 15) is 0 Å². The van der Waals surface area contributed by atoms with Crippen molar-refractivity contribution in [3.05, 3.63) is 35.4 Å². The van der Waals surface area contributed by atoms with Gasteiger partial charge in [0.2, 0.25) is 0 Å². The minimum absolute atomic E-state index is 1.11. The van der Waals surface area contributed by atoms with E-state index >= 15 is 0 Å².